The van der Waals surface area contributed by atoms with Crippen LogP contribution in [-0.2, 0) is 9.47 Å². The molecule has 2 aliphatic rings. The number of hydrogen-bond acceptors (Lipinski definition) is 2. The second-order valence-corrected chi connectivity index (χ2v) is 5.78. The molecular weight excluding hydrogens is 212 g/mol. The zero-order valence-corrected chi connectivity index (χ0v) is 10.5. The van der Waals surface area contributed by atoms with Crippen LogP contribution in [0.3, 0.4) is 0 Å². The van der Waals surface area contributed by atoms with Gasteiger partial charge in [-0.2, -0.15) is 0 Å². The second kappa shape index (κ2) is 4.23. The number of halogens is 1. The fourth-order valence-electron chi connectivity index (χ4n) is 2.71. The van der Waals surface area contributed by atoms with Crippen LogP contribution in [0.2, 0.25) is 0 Å². The zero-order chi connectivity index (χ0) is 10.9. The van der Waals surface area contributed by atoms with Crippen LogP contribution < -0.4 is 0 Å². The van der Waals surface area contributed by atoms with Crippen LogP contribution in [0.4, 0.5) is 0 Å². The first-order valence-electron chi connectivity index (χ1n) is 5.93. The van der Waals surface area contributed by atoms with Crippen molar-refractivity contribution >= 4 is 11.6 Å². The summed E-state index contributed by atoms with van der Waals surface area (Å²) in [5, 5.41) is 0. The number of rotatable bonds is 3. The number of alkyl halides is 1. The Morgan fingerprint density at radius 2 is 2.13 bits per heavy atom. The van der Waals surface area contributed by atoms with Crippen LogP contribution >= 0.6 is 11.6 Å². The summed E-state index contributed by atoms with van der Waals surface area (Å²) < 4.78 is 11.8. The van der Waals surface area contributed by atoms with Crippen molar-refractivity contribution in [3.8, 4) is 0 Å². The summed E-state index contributed by atoms with van der Waals surface area (Å²) >= 11 is 6.03. The maximum absolute atomic E-state index is 6.03. The zero-order valence-electron chi connectivity index (χ0n) is 9.72. The molecule has 0 aliphatic carbocycles. The third kappa shape index (κ3) is 2.66. The second-order valence-electron chi connectivity index (χ2n) is 5.51. The summed E-state index contributed by atoms with van der Waals surface area (Å²) in [6.45, 7) is 5.19. The summed E-state index contributed by atoms with van der Waals surface area (Å²) in [5.74, 6) is 0.604. The largest absolute Gasteiger partial charge is 0.374 e. The van der Waals surface area contributed by atoms with Crippen LogP contribution in [0.5, 0.6) is 0 Å². The van der Waals surface area contributed by atoms with Crippen LogP contribution in [0.25, 0.3) is 0 Å². The molecule has 0 N–H and O–H groups in total. The van der Waals surface area contributed by atoms with E-state index in [2.05, 4.69) is 13.8 Å². The van der Waals surface area contributed by atoms with Gasteiger partial charge in [-0.05, 0) is 39.5 Å². The van der Waals surface area contributed by atoms with E-state index in [0.29, 0.717) is 12.0 Å². The molecule has 0 spiro atoms. The molecule has 2 saturated heterocycles. The van der Waals surface area contributed by atoms with Crippen LogP contribution in [0.15, 0.2) is 0 Å². The van der Waals surface area contributed by atoms with Gasteiger partial charge in [0.2, 0.25) is 0 Å². The first-order chi connectivity index (χ1) is 7.05. The molecule has 2 rings (SSSR count). The average molecular weight is 233 g/mol. The molecule has 0 aromatic carbocycles. The molecule has 0 aromatic rings. The number of hydrogen-bond donors (Lipinski definition) is 0. The molecule has 2 fully saturated rings. The highest BCUT2D eigenvalue weighted by Crippen LogP contribution is 2.38. The lowest BCUT2D eigenvalue weighted by molar-refractivity contribution is -0.0649. The highest BCUT2D eigenvalue weighted by atomic mass is 35.5. The molecule has 2 atom stereocenters. The normalized spacial score (nSPS) is 39.8. The van der Waals surface area contributed by atoms with Crippen molar-refractivity contribution in [2.75, 3.05) is 12.5 Å². The monoisotopic (exact) mass is 232 g/mol. The summed E-state index contributed by atoms with van der Waals surface area (Å²) in [5.41, 5.74) is -0.0383. The minimum Gasteiger partial charge on any atom is -0.374 e. The predicted octanol–water partition coefficient (Wildman–Crippen LogP) is 3.12. The van der Waals surface area contributed by atoms with Crippen molar-refractivity contribution < 1.29 is 9.47 Å². The van der Waals surface area contributed by atoms with Gasteiger partial charge in [0.25, 0.3) is 0 Å². The van der Waals surface area contributed by atoms with E-state index in [-0.39, 0.29) is 11.2 Å². The maximum Gasteiger partial charge on any atom is 0.0842 e. The quantitative estimate of drug-likeness (QED) is 0.697. The van der Waals surface area contributed by atoms with E-state index >= 15 is 0 Å². The Labute approximate surface area is 97.3 Å². The molecule has 0 amide bonds. The van der Waals surface area contributed by atoms with Crippen molar-refractivity contribution in [1.82, 2.24) is 0 Å². The van der Waals surface area contributed by atoms with Crippen molar-refractivity contribution in [2.24, 2.45) is 0 Å². The molecule has 15 heavy (non-hydrogen) atoms. The molecule has 0 aromatic heterocycles. The Balaban J connectivity index is 1.91. The van der Waals surface area contributed by atoms with Crippen molar-refractivity contribution in [1.29, 1.82) is 0 Å². The van der Waals surface area contributed by atoms with Gasteiger partial charge in [0.15, 0.2) is 0 Å². The smallest absolute Gasteiger partial charge is 0.0842 e. The van der Waals surface area contributed by atoms with E-state index in [1.807, 2.05) is 0 Å². The molecular formula is C12H21ClO2. The Hall–Kier alpha value is 0.210. The number of ether oxygens (including phenoxy) is 2. The highest BCUT2D eigenvalue weighted by Gasteiger charge is 2.41. The van der Waals surface area contributed by atoms with E-state index in [9.17, 15) is 0 Å². The van der Waals surface area contributed by atoms with Gasteiger partial charge in [-0.3, -0.25) is 0 Å². The summed E-state index contributed by atoms with van der Waals surface area (Å²) in [6, 6.07) is 0. The van der Waals surface area contributed by atoms with Crippen molar-refractivity contribution in [3.05, 3.63) is 0 Å². The van der Waals surface area contributed by atoms with Gasteiger partial charge in [0, 0.05) is 13.0 Å². The standard InChI is InChI=1S/C12H21ClO2/c1-11(2)6-4-10(15-11)8-12(9-13)5-3-7-14-12/h10H,3-9H2,1-2H3. The minimum absolute atomic E-state index is 0.0524. The third-order valence-electron chi connectivity index (χ3n) is 3.58. The van der Waals surface area contributed by atoms with Gasteiger partial charge in [-0.25, -0.2) is 0 Å². The predicted molar refractivity (Wildman–Crippen MR) is 61.4 cm³/mol. The lowest BCUT2D eigenvalue weighted by Crippen LogP contribution is -2.35. The molecule has 2 aliphatic heterocycles. The molecule has 2 unspecified atom stereocenters. The van der Waals surface area contributed by atoms with Gasteiger partial charge >= 0.3 is 0 Å². The van der Waals surface area contributed by atoms with Crippen LogP contribution in [-0.4, -0.2) is 29.8 Å². The fourth-order valence-corrected chi connectivity index (χ4v) is 3.03. The topological polar surface area (TPSA) is 18.5 Å². The maximum atomic E-state index is 6.03. The van der Waals surface area contributed by atoms with E-state index in [0.717, 1.165) is 38.7 Å². The molecule has 0 saturated carbocycles. The van der Waals surface area contributed by atoms with Crippen LogP contribution in [0, 0.1) is 0 Å². The molecule has 3 heteroatoms. The van der Waals surface area contributed by atoms with Gasteiger partial charge < -0.3 is 9.47 Å². The van der Waals surface area contributed by atoms with Gasteiger partial charge in [-0.15, -0.1) is 11.6 Å². The molecule has 2 nitrogen and oxygen atoms in total. The van der Waals surface area contributed by atoms with E-state index in [4.69, 9.17) is 21.1 Å². The van der Waals surface area contributed by atoms with Gasteiger partial charge in [0.1, 0.15) is 0 Å². The summed E-state index contributed by atoms with van der Waals surface area (Å²) in [4.78, 5) is 0. The molecule has 88 valence electrons. The molecule has 0 bridgehead atoms. The third-order valence-corrected chi connectivity index (χ3v) is 4.07. The van der Waals surface area contributed by atoms with E-state index in [1.165, 1.54) is 0 Å². The summed E-state index contributed by atoms with van der Waals surface area (Å²) in [6.07, 6.45) is 5.85. The molecule has 2 heterocycles. The van der Waals surface area contributed by atoms with Gasteiger partial charge in [0.05, 0.1) is 23.2 Å². The lowest BCUT2D eigenvalue weighted by Gasteiger charge is -2.29. The van der Waals surface area contributed by atoms with E-state index in [1.54, 1.807) is 0 Å². The van der Waals surface area contributed by atoms with E-state index < -0.39 is 0 Å². The summed E-state index contributed by atoms with van der Waals surface area (Å²) in [7, 11) is 0. The van der Waals surface area contributed by atoms with Crippen molar-refractivity contribution in [3.63, 3.8) is 0 Å². The Kier molecular flexibility index (Phi) is 3.30. The first kappa shape index (κ1) is 11.7. The SMILES string of the molecule is CC1(C)CCC(CC2(CCl)CCCO2)O1. The Morgan fingerprint density at radius 3 is 2.60 bits per heavy atom. The van der Waals surface area contributed by atoms with Crippen LogP contribution in [0.1, 0.15) is 46.0 Å². The van der Waals surface area contributed by atoms with Crippen molar-refractivity contribution in [2.45, 2.75) is 63.3 Å². The fraction of sp³-hybridized carbons (Fsp3) is 1.00. The first-order valence-corrected chi connectivity index (χ1v) is 6.47. The Bertz CT molecular complexity index is 222. The lowest BCUT2D eigenvalue weighted by atomic mass is 9.93. The molecule has 0 radical (unpaired) electrons. The van der Waals surface area contributed by atoms with Gasteiger partial charge in [-0.1, -0.05) is 0 Å². The Morgan fingerprint density at radius 1 is 1.33 bits per heavy atom. The highest BCUT2D eigenvalue weighted by molar-refractivity contribution is 6.18. The average Bonchev–Trinajstić information content (AvgIpc) is 2.75. The minimum atomic E-state index is -0.0906.